The summed E-state index contributed by atoms with van der Waals surface area (Å²) in [6.07, 6.45) is 1.68. The fourth-order valence-electron chi connectivity index (χ4n) is 3.02. The topological polar surface area (TPSA) is 66.8 Å². The van der Waals surface area contributed by atoms with Gasteiger partial charge in [-0.15, -0.1) is 0 Å². The Morgan fingerprint density at radius 2 is 2.04 bits per heavy atom. The summed E-state index contributed by atoms with van der Waals surface area (Å²) in [4.78, 5) is 25.1. The molecule has 0 radical (unpaired) electrons. The minimum Gasteiger partial charge on any atom is -0.493 e. The van der Waals surface area contributed by atoms with Gasteiger partial charge in [-0.05, 0) is 37.3 Å². The third-order valence-electron chi connectivity index (χ3n) is 4.25. The van der Waals surface area contributed by atoms with E-state index in [9.17, 15) is 9.59 Å². The summed E-state index contributed by atoms with van der Waals surface area (Å²) in [5, 5.41) is 9.16. The molecule has 5 heteroatoms. The Kier molecular flexibility index (Phi) is 6.02. The number of para-hydroxylation sites is 1. The monoisotopic (exact) mass is 319 g/mol. The average Bonchev–Trinajstić information content (AvgIpc) is 2.52. The molecule has 0 bridgehead atoms. The molecule has 2 rings (SSSR count). The molecule has 0 aliphatic carbocycles. The summed E-state index contributed by atoms with van der Waals surface area (Å²) < 4.78 is 5.69. The molecule has 1 aliphatic rings. The zero-order valence-electron chi connectivity index (χ0n) is 13.8. The summed E-state index contributed by atoms with van der Waals surface area (Å²) in [6.45, 7) is 5.46. The lowest BCUT2D eigenvalue weighted by molar-refractivity contribution is -0.147. The van der Waals surface area contributed by atoms with E-state index in [-0.39, 0.29) is 11.8 Å². The maximum absolute atomic E-state index is 12.3. The zero-order chi connectivity index (χ0) is 16.8. The lowest BCUT2D eigenvalue weighted by Crippen LogP contribution is -2.45. The highest BCUT2D eigenvalue weighted by atomic mass is 16.5. The van der Waals surface area contributed by atoms with Gasteiger partial charge in [-0.2, -0.15) is 0 Å². The van der Waals surface area contributed by atoms with Crippen LogP contribution in [0.1, 0.15) is 31.7 Å². The van der Waals surface area contributed by atoms with Crippen LogP contribution in [0.5, 0.6) is 5.75 Å². The lowest BCUT2D eigenvalue weighted by Gasteiger charge is -2.34. The Labute approximate surface area is 137 Å². The molecule has 1 aromatic rings. The summed E-state index contributed by atoms with van der Waals surface area (Å²) >= 11 is 0. The summed E-state index contributed by atoms with van der Waals surface area (Å²) in [5.41, 5.74) is 1.08. The van der Waals surface area contributed by atoms with E-state index in [4.69, 9.17) is 9.84 Å². The average molecular weight is 319 g/mol. The van der Waals surface area contributed by atoms with E-state index in [1.165, 1.54) is 0 Å². The number of nitrogens with zero attached hydrogens (tertiary/aromatic N) is 1. The Hall–Kier alpha value is -2.04. The van der Waals surface area contributed by atoms with Crippen LogP contribution in [0.25, 0.3) is 0 Å². The van der Waals surface area contributed by atoms with Crippen LogP contribution in [0.2, 0.25) is 0 Å². The van der Waals surface area contributed by atoms with Crippen molar-refractivity contribution in [2.24, 2.45) is 11.8 Å². The van der Waals surface area contributed by atoms with Crippen molar-refractivity contribution < 1.29 is 19.4 Å². The Morgan fingerprint density at radius 3 is 2.74 bits per heavy atom. The van der Waals surface area contributed by atoms with Crippen molar-refractivity contribution in [1.82, 2.24) is 4.90 Å². The van der Waals surface area contributed by atoms with Gasteiger partial charge in [-0.25, -0.2) is 0 Å². The minimum atomic E-state index is -0.808. The number of likely N-dealkylation sites (tertiary alicyclic amines) is 1. The first kappa shape index (κ1) is 17.3. The number of piperidine rings is 1. The van der Waals surface area contributed by atoms with E-state index in [1.807, 2.05) is 38.1 Å². The van der Waals surface area contributed by atoms with Crippen molar-refractivity contribution in [2.45, 2.75) is 33.1 Å². The van der Waals surface area contributed by atoms with Gasteiger partial charge in [0, 0.05) is 19.5 Å². The molecule has 1 amide bonds. The van der Waals surface area contributed by atoms with Crippen LogP contribution in [0.4, 0.5) is 0 Å². The van der Waals surface area contributed by atoms with Gasteiger partial charge < -0.3 is 14.7 Å². The Balaban J connectivity index is 1.76. The van der Waals surface area contributed by atoms with Crippen LogP contribution in [-0.2, 0) is 9.59 Å². The molecule has 126 valence electrons. The number of carboxylic acids is 1. The van der Waals surface area contributed by atoms with Crippen molar-refractivity contribution in [3.8, 4) is 5.75 Å². The molecular formula is C18H25NO4. The number of amides is 1. The second kappa shape index (κ2) is 7.99. The highest BCUT2D eigenvalue weighted by Gasteiger charge is 2.31. The number of hydrogen-bond donors (Lipinski definition) is 1. The molecule has 1 fully saturated rings. The summed E-state index contributed by atoms with van der Waals surface area (Å²) in [7, 11) is 0. The largest absolute Gasteiger partial charge is 0.493 e. The SMILES string of the molecule is Cc1ccccc1OCCCC(=O)N1CC(C)CC(C(=O)O)C1. The van der Waals surface area contributed by atoms with Crippen LogP contribution in [0.15, 0.2) is 24.3 Å². The maximum Gasteiger partial charge on any atom is 0.308 e. The third kappa shape index (κ3) is 4.98. The zero-order valence-corrected chi connectivity index (χ0v) is 13.8. The highest BCUT2D eigenvalue weighted by molar-refractivity contribution is 5.78. The minimum absolute atomic E-state index is 0.0242. The van der Waals surface area contributed by atoms with E-state index >= 15 is 0 Å². The molecule has 1 aliphatic heterocycles. The van der Waals surface area contributed by atoms with Crippen LogP contribution < -0.4 is 4.74 Å². The van der Waals surface area contributed by atoms with Gasteiger partial charge in [0.1, 0.15) is 5.75 Å². The predicted molar refractivity (Wildman–Crippen MR) is 87.4 cm³/mol. The number of ether oxygens (including phenoxy) is 1. The van der Waals surface area contributed by atoms with Gasteiger partial charge >= 0.3 is 5.97 Å². The van der Waals surface area contributed by atoms with E-state index in [2.05, 4.69) is 0 Å². The quantitative estimate of drug-likeness (QED) is 0.819. The number of benzene rings is 1. The molecular weight excluding hydrogens is 294 g/mol. The Morgan fingerprint density at radius 1 is 1.30 bits per heavy atom. The number of aryl methyl sites for hydroxylation is 1. The lowest BCUT2D eigenvalue weighted by atomic mass is 9.90. The first-order valence-electron chi connectivity index (χ1n) is 8.16. The Bertz CT molecular complexity index is 558. The van der Waals surface area contributed by atoms with Crippen LogP contribution in [0.3, 0.4) is 0 Å². The molecule has 1 aromatic carbocycles. The van der Waals surface area contributed by atoms with Gasteiger partial charge in [0.2, 0.25) is 5.91 Å². The van der Waals surface area contributed by atoms with Gasteiger partial charge in [0.15, 0.2) is 0 Å². The number of aliphatic carboxylic acids is 1. The van der Waals surface area contributed by atoms with Crippen molar-refractivity contribution >= 4 is 11.9 Å². The number of hydrogen-bond acceptors (Lipinski definition) is 3. The van der Waals surface area contributed by atoms with Crippen LogP contribution >= 0.6 is 0 Å². The first-order chi connectivity index (χ1) is 11.0. The smallest absolute Gasteiger partial charge is 0.308 e. The van der Waals surface area contributed by atoms with Crippen LogP contribution in [-0.4, -0.2) is 41.6 Å². The van der Waals surface area contributed by atoms with Crippen molar-refractivity contribution in [3.05, 3.63) is 29.8 Å². The third-order valence-corrected chi connectivity index (χ3v) is 4.25. The van der Waals surface area contributed by atoms with Crippen LogP contribution in [0, 0.1) is 18.8 Å². The molecule has 2 atom stereocenters. The molecule has 0 spiro atoms. The summed E-state index contributed by atoms with van der Waals surface area (Å²) in [6, 6.07) is 7.79. The molecule has 1 N–H and O–H groups in total. The van der Waals surface area contributed by atoms with Crippen molar-refractivity contribution in [3.63, 3.8) is 0 Å². The standard InChI is InChI=1S/C18H25NO4/c1-13-10-15(18(21)22)12-19(11-13)17(20)8-5-9-23-16-7-4-3-6-14(16)2/h3-4,6-7,13,15H,5,8-12H2,1-2H3,(H,21,22). The molecule has 5 nitrogen and oxygen atoms in total. The van der Waals surface area contributed by atoms with Gasteiger partial charge in [-0.3, -0.25) is 9.59 Å². The second-order valence-corrected chi connectivity index (χ2v) is 6.39. The fraction of sp³-hybridized carbons (Fsp3) is 0.556. The predicted octanol–water partition coefficient (Wildman–Crippen LogP) is 2.72. The molecule has 1 saturated heterocycles. The normalized spacial score (nSPS) is 21.0. The summed E-state index contributed by atoms with van der Waals surface area (Å²) in [5.74, 6) is -0.145. The second-order valence-electron chi connectivity index (χ2n) is 6.39. The molecule has 1 heterocycles. The van der Waals surface area contributed by atoms with E-state index in [0.29, 0.717) is 39.0 Å². The highest BCUT2D eigenvalue weighted by Crippen LogP contribution is 2.22. The molecule has 0 saturated carbocycles. The first-order valence-corrected chi connectivity index (χ1v) is 8.16. The van der Waals surface area contributed by atoms with Crippen molar-refractivity contribution in [2.75, 3.05) is 19.7 Å². The number of carboxylic acid groups (broad SMARTS) is 1. The van der Waals surface area contributed by atoms with E-state index < -0.39 is 11.9 Å². The number of carbonyl (C=O) groups is 2. The fourth-order valence-corrected chi connectivity index (χ4v) is 3.02. The molecule has 2 unspecified atom stereocenters. The van der Waals surface area contributed by atoms with Gasteiger partial charge in [-0.1, -0.05) is 25.1 Å². The van der Waals surface area contributed by atoms with E-state index in [0.717, 1.165) is 11.3 Å². The molecule has 0 aromatic heterocycles. The van der Waals surface area contributed by atoms with E-state index in [1.54, 1.807) is 4.90 Å². The van der Waals surface area contributed by atoms with Gasteiger partial charge in [0.05, 0.1) is 12.5 Å². The van der Waals surface area contributed by atoms with Gasteiger partial charge in [0.25, 0.3) is 0 Å². The van der Waals surface area contributed by atoms with Crippen molar-refractivity contribution in [1.29, 1.82) is 0 Å². The molecule has 23 heavy (non-hydrogen) atoms. The number of rotatable bonds is 6. The maximum atomic E-state index is 12.3. The number of carbonyl (C=O) groups excluding carboxylic acids is 1.